The van der Waals surface area contributed by atoms with Crippen LogP contribution in [-0.4, -0.2) is 21.1 Å². The highest BCUT2D eigenvalue weighted by atomic mass is 35.5. The van der Waals surface area contributed by atoms with Gasteiger partial charge in [-0.25, -0.2) is 0 Å². The Hall–Kier alpha value is -1.82. The number of nitrogens with zero attached hydrogens (tertiary/aromatic N) is 4. The van der Waals surface area contributed by atoms with Crippen molar-refractivity contribution in [2.24, 2.45) is 5.10 Å². The molecule has 0 spiro atoms. The number of aryl methyl sites for hydroxylation is 2. The van der Waals surface area contributed by atoms with Gasteiger partial charge in [0.25, 0.3) is 0 Å². The van der Waals surface area contributed by atoms with Crippen molar-refractivity contribution < 1.29 is 0 Å². The zero-order valence-corrected chi connectivity index (χ0v) is 16.1. The summed E-state index contributed by atoms with van der Waals surface area (Å²) in [7, 11) is 0. The fourth-order valence-corrected chi connectivity index (χ4v) is 3.61. The van der Waals surface area contributed by atoms with Crippen molar-refractivity contribution in [3.8, 4) is 0 Å². The first-order chi connectivity index (χ1) is 12.0. The van der Waals surface area contributed by atoms with Crippen LogP contribution in [0.1, 0.15) is 22.5 Å². The smallest absolute Gasteiger partial charge is 0.192 e. The van der Waals surface area contributed by atoms with Crippen molar-refractivity contribution in [1.82, 2.24) is 14.9 Å². The summed E-state index contributed by atoms with van der Waals surface area (Å²) in [6.45, 7) is 3.93. The lowest BCUT2D eigenvalue weighted by Crippen LogP contribution is -1.96. The molecular weight excluding hydrogens is 375 g/mol. The van der Waals surface area contributed by atoms with Crippen LogP contribution in [0.15, 0.2) is 52.7 Å². The Morgan fingerprint density at radius 3 is 2.56 bits per heavy atom. The molecule has 0 saturated carbocycles. The van der Waals surface area contributed by atoms with E-state index in [4.69, 9.17) is 23.2 Å². The predicted octanol–water partition coefficient (Wildman–Crippen LogP) is 5.38. The summed E-state index contributed by atoms with van der Waals surface area (Å²) < 4.78 is 1.73. The van der Waals surface area contributed by atoms with E-state index < -0.39 is 0 Å². The lowest BCUT2D eigenvalue weighted by Gasteiger charge is -2.05. The van der Waals surface area contributed by atoms with E-state index >= 15 is 0 Å². The van der Waals surface area contributed by atoms with Crippen LogP contribution >= 0.6 is 35.0 Å². The van der Waals surface area contributed by atoms with Crippen LogP contribution in [0.3, 0.4) is 0 Å². The highest BCUT2D eigenvalue weighted by Crippen LogP contribution is 2.28. The minimum atomic E-state index is 0.625. The second-order valence-corrected chi connectivity index (χ2v) is 7.31. The summed E-state index contributed by atoms with van der Waals surface area (Å²) in [4.78, 5) is 0. The average molecular weight is 391 g/mol. The zero-order chi connectivity index (χ0) is 17.8. The molecule has 2 aromatic carbocycles. The van der Waals surface area contributed by atoms with Gasteiger partial charge in [0.1, 0.15) is 0 Å². The molecule has 3 rings (SSSR count). The number of hydrogen-bond acceptors (Lipinski definition) is 4. The maximum atomic E-state index is 6.22. The van der Waals surface area contributed by atoms with E-state index in [0.717, 1.165) is 17.0 Å². The highest BCUT2D eigenvalue weighted by Gasteiger charge is 2.10. The molecule has 0 bridgehead atoms. The van der Waals surface area contributed by atoms with Crippen molar-refractivity contribution in [2.45, 2.75) is 24.8 Å². The van der Waals surface area contributed by atoms with Crippen LogP contribution in [0.25, 0.3) is 0 Å². The summed E-state index contributed by atoms with van der Waals surface area (Å²) in [6.07, 6.45) is 1.80. The topological polar surface area (TPSA) is 43.1 Å². The highest BCUT2D eigenvalue weighted by molar-refractivity contribution is 7.98. The van der Waals surface area contributed by atoms with E-state index in [9.17, 15) is 0 Å². The van der Waals surface area contributed by atoms with Crippen molar-refractivity contribution in [3.63, 3.8) is 0 Å². The third-order valence-corrected chi connectivity index (χ3v) is 5.09. The molecular formula is C18H16Cl2N4S. The molecule has 0 aliphatic carbocycles. The molecule has 25 heavy (non-hydrogen) atoms. The van der Waals surface area contributed by atoms with Crippen molar-refractivity contribution >= 4 is 41.2 Å². The first kappa shape index (κ1) is 18.0. The molecule has 0 N–H and O–H groups in total. The van der Waals surface area contributed by atoms with Crippen LogP contribution in [-0.2, 0) is 5.75 Å². The van der Waals surface area contributed by atoms with Crippen LogP contribution in [0.2, 0.25) is 10.0 Å². The molecule has 0 unspecified atom stereocenters. The van der Waals surface area contributed by atoms with Gasteiger partial charge in [-0.05, 0) is 37.1 Å². The number of rotatable bonds is 5. The normalized spacial score (nSPS) is 11.4. The Morgan fingerprint density at radius 1 is 1.08 bits per heavy atom. The summed E-state index contributed by atoms with van der Waals surface area (Å²) in [6, 6.07) is 13.6. The van der Waals surface area contributed by atoms with E-state index in [-0.39, 0.29) is 0 Å². The van der Waals surface area contributed by atoms with Gasteiger partial charge in [-0.2, -0.15) is 9.78 Å². The molecule has 0 aliphatic heterocycles. The lowest BCUT2D eigenvalue weighted by molar-refractivity contribution is 0.744. The van der Waals surface area contributed by atoms with E-state index in [1.807, 2.05) is 31.2 Å². The molecule has 4 nitrogen and oxygen atoms in total. The van der Waals surface area contributed by atoms with E-state index in [2.05, 4.69) is 34.4 Å². The minimum Gasteiger partial charge on any atom is -0.192 e. The minimum absolute atomic E-state index is 0.625. The van der Waals surface area contributed by atoms with Gasteiger partial charge in [0, 0.05) is 15.8 Å². The molecule has 7 heteroatoms. The second kappa shape index (κ2) is 8.04. The quantitative estimate of drug-likeness (QED) is 0.433. The summed E-state index contributed by atoms with van der Waals surface area (Å²) >= 11 is 13.7. The van der Waals surface area contributed by atoms with Gasteiger partial charge < -0.3 is 0 Å². The summed E-state index contributed by atoms with van der Waals surface area (Å²) in [5.74, 6) is 1.39. The largest absolute Gasteiger partial charge is 0.212 e. The van der Waals surface area contributed by atoms with Crippen molar-refractivity contribution in [3.05, 3.63) is 75.0 Å². The van der Waals surface area contributed by atoms with Crippen molar-refractivity contribution in [2.75, 3.05) is 0 Å². The molecule has 0 aliphatic rings. The molecule has 3 aromatic rings. The number of halogens is 2. The van der Waals surface area contributed by atoms with Crippen LogP contribution in [0.5, 0.6) is 0 Å². The Morgan fingerprint density at radius 2 is 1.84 bits per heavy atom. The number of aromatic nitrogens is 3. The Kier molecular flexibility index (Phi) is 5.78. The molecule has 0 radical (unpaired) electrons. The van der Waals surface area contributed by atoms with E-state index in [1.54, 1.807) is 17.0 Å². The predicted molar refractivity (Wildman–Crippen MR) is 105 cm³/mol. The Labute approximate surface area is 160 Å². The zero-order valence-electron chi connectivity index (χ0n) is 13.8. The second-order valence-electron chi connectivity index (χ2n) is 5.52. The fourth-order valence-electron chi connectivity index (χ4n) is 2.12. The number of benzene rings is 2. The maximum absolute atomic E-state index is 6.22. The number of thioether (sulfide) groups is 1. The van der Waals surface area contributed by atoms with Gasteiger partial charge in [0.05, 0.1) is 6.21 Å². The molecule has 1 heterocycles. The monoisotopic (exact) mass is 390 g/mol. The van der Waals surface area contributed by atoms with Crippen molar-refractivity contribution in [1.29, 1.82) is 0 Å². The van der Waals surface area contributed by atoms with Gasteiger partial charge in [0.15, 0.2) is 5.82 Å². The molecule has 0 fully saturated rings. The van der Waals surface area contributed by atoms with E-state index in [1.165, 1.54) is 17.3 Å². The van der Waals surface area contributed by atoms with Gasteiger partial charge in [0.2, 0.25) is 5.16 Å². The van der Waals surface area contributed by atoms with Gasteiger partial charge in [-0.3, -0.25) is 0 Å². The maximum Gasteiger partial charge on any atom is 0.212 e. The SMILES string of the molecule is Cc1ccc(/C=N\n2c(C)nnc2SCc2ccc(Cl)cc2Cl)cc1. The van der Waals surface area contributed by atoms with Gasteiger partial charge in [-0.15, -0.1) is 10.2 Å². The average Bonchev–Trinajstić information content (AvgIpc) is 2.94. The van der Waals surface area contributed by atoms with Crippen LogP contribution < -0.4 is 0 Å². The molecule has 0 saturated heterocycles. The third kappa shape index (κ3) is 4.63. The Bertz CT molecular complexity index is 904. The number of hydrogen-bond donors (Lipinski definition) is 0. The fraction of sp³-hybridized carbons (Fsp3) is 0.167. The Balaban J connectivity index is 1.76. The van der Waals surface area contributed by atoms with Crippen LogP contribution in [0.4, 0.5) is 0 Å². The standard InChI is InChI=1S/C18H16Cl2N4S/c1-12-3-5-14(6-4-12)10-21-24-13(2)22-23-18(24)25-11-15-7-8-16(19)9-17(15)20/h3-10H,11H2,1-2H3/b21-10-. The first-order valence-corrected chi connectivity index (χ1v) is 9.37. The van der Waals surface area contributed by atoms with Gasteiger partial charge in [-0.1, -0.05) is 70.9 Å². The third-order valence-electron chi connectivity index (χ3n) is 3.54. The van der Waals surface area contributed by atoms with Gasteiger partial charge >= 0.3 is 0 Å². The van der Waals surface area contributed by atoms with Crippen LogP contribution in [0, 0.1) is 13.8 Å². The molecule has 128 valence electrons. The molecule has 0 amide bonds. The molecule has 1 aromatic heterocycles. The summed E-state index contributed by atoms with van der Waals surface area (Å²) in [5.41, 5.74) is 3.23. The molecule has 0 atom stereocenters. The summed E-state index contributed by atoms with van der Waals surface area (Å²) in [5, 5.41) is 14.8. The first-order valence-electron chi connectivity index (χ1n) is 7.63. The van der Waals surface area contributed by atoms with E-state index in [0.29, 0.717) is 21.0 Å². The lowest BCUT2D eigenvalue weighted by atomic mass is 10.2.